The van der Waals surface area contributed by atoms with E-state index in [1.165, 1.54) is 0 Å². The third-order valence-electron chi connectivity index (χ3n) is 4.20. The van der Waals surface area contributed by atoms with Crippen LogP contribution in [0.3, 0.4) is 0 Å². The zero-order valence-electron chi connectivity index (χ0n) is 13.7. The van der Waals surface area contributed by atoms with Gasteiger partial charge in [-0.15, -0.1) is 0 Å². The zero-order valence-corrected chi connectivity index (χ0v) is 13.7. The monoisotopic (exact) mass is 327 g/mol. The minimum atomic E-state index is 0.0972. The van der Waals surface area contributed by atoms with Gasteiger partial charge in [0.25, 0.3) is 5.78 Å². The van der Waals surface area contributed by atoms with Gasteiger partial charge in [-0.2, -0.15) is 19.7 Å². The summed E-state index contributed by atoms with van der Waals surface area (Å²) < 4.78 is 9.64. The van der Waals surface area contributed by atoms with Crippen molar-refractivity contribution in [2.45, 2.75) is 32.4 Å². The largest absolute Gasteiger partial charge is 0.373 e. The van der Waals surface area contributed by atoms with E-state index in [4.69, 9.17) is 4.74 Å². The molecule has 0 amide bonds. The maximum Gasteiger partial charge on any atom is 0.254 e. The summed E-state index contributed by atoms with van der Waals surface area (Å²) >= 11 is 0. The van der Waals surface area contributed by atoms with Crippen LogP contribution in [0.2, 0.25) is 0 Å². The van der Waals surface area contributed by atoms with E-state index < -0.39 is 0 Å². The SMILES string of the molecule is CCCc1cc(N2CCOC(Cn3cccn3)C2)n2ncnc2n1. The molecule has 1 atom stereocenters. The molecule has 0 aliphatic carbocycles. The molecule has 1 unspecified atom stereocenters. The normalized spacial score (nSPS) is 18.4. The first-order chi connectivity index (χ1) is 11.8. The first-order valence-corrected chi connectivity index (χ1v) is 8.37. The highest BCUT2D eigenvalue weighted by molar-refractivity contribution is 5.47. The van der Waals surface area contributed by atoms with Gasteiger partial charge in [0.05, 0.1) is 19.3 Å². The summed E-state index contributed by atoms with van der Waals surface area (Å²) in [6.07, 6.45) is 7.41. The van der Waals surface area contributed by atoms with E-state index in [0.29, 0.717) is 12.4 Å². The van der Waals surface area contributed by atoms with Gasteiger partial charge in [0.15, 0.2) is 0 Å². The molecule has 126 valence electrons. The number of aromatic nitrogens is 6. The predicted octanol–water partition coefficient (Wildman–Crippen LogP) is 1.18. The second kappa shape index (κ2) is 6.56. The molecular weight excluding hydrogens is 306 g/mol. The Balaban J connectivity index is 1.60. The third kappa shape index (κ3) is 2.96. The summed E-state index contributed by atoms with van der Waals surface area (Å²) in [5, 5.41) is 8.61. The fourth-order valence-electron chi connectivity index (χ4n) is 3.11. The molecule has 3 aromatic rings. The molecule has 3 aromatic heterocycles. The topological polar surface area (TPSA) is 73.4 Å². The summed E-state index contributed by atoms with van der Waals surface area (Å²) in [5.41, 5.74) is 1.06. The number of aryl methyl sites for hydroxylation is 1. The van der Waals surface area contributed by atoms with E-state index in [0.717, 1.165) is 44.0 Å². The zero-order chi connectivity index (χ0) is 16.4. The highest BCUT2D eigenvalue weighted by atomic mass is 16.5. The van der Waals surface area contributed by atoms with Crippen LogP contribution in [0.25, 0.3) is 5.78 Å². The Morgan fingerprint density at radius 1 is 1.33 bits per heavy atom. The smallest absolute Gasteiger partial charge is 0.254 e. The lowest BCUT2D eigenvalue weighted by Gasteiger charge is -2.34. The first kappa shape index (κ1) is 15.1. The van der Waals surface area contributed by atoms with Gasteiger partial charge < -0.3 is 9.64 Å². The van der Waals surface area contributed by atoms with Crippen molar-refractivity contribution < 1.29 is 4.74 Å². The number of fused-ring (bicyclic) bond motifs is 1. The number of ether oxygens (including phenoxy) is 1. The van der Waals surface area contributed by atoms with Crippen molar-refractivity contribution in [3.63, 3.8) is 0 Å². The lowest BCUT2D eigenvalue weighted by Crippen LogP contribution is -2.45. The van der Waals surface area contributed by atoms with Crippen LogP contribution in [-0.4, -0.2) is 55.2 Å². The number of anilines is 1. The maximum atomic E-state index is 5.91. The van der Waals surface area contributed by atoms with Gasteiger partial charge >= 0.3 is 0 Å². The van der Waals surface area contributed by atoms with Crippen LogP contribution in [-0.2, 0) is 17.7 Å². The minimum Gasteiger partial charge on any atom is -0.373 e. The molecule has 8 nitrogen and oxygen atoms in total. The molecular formula is C16H21N7O. The molecule has 1 saturated heterocycles. The maximum absolute atomic E-state index is 5.91. The summed E-state index contributed by atoms with van der Waals surface area (Å²) in [5.74, 6) is 1.70. The first-order valence-electron chi connectivity index (χ1n) is 8.37. The van der Waals surface area contributed by atoms with E-state index in [9.17, 15) is 0 Å². The van der Waals surface area contributed by atoms with Crippen LogP contribution < -0.4 is 4.90 Å². The summed E-state index contributed by atoms with van der Waals surface area (Å²) in [7, 11) is 0. The summed E-state index contributed by atoms with van der Waals surface area (Å²) in [6.45, 7) is 5.22. The second-order valence-corrected chi connectivity index (χ2v) is 5.99. The molecule has 8 heteroatoms. The van der Waals surface area contributed by atoms with Crippen molar-refractivity contribution in [3.05, 3.63) is 36.5 Å². The Morgan fingerprint density at radius 2 is 2.29 bits per heavy atom. The Bertz CT molecular complexity index is 798. The van der Waals surface area contributed by atoms with Crippen LogP contribution in [0.15, 0.2) is 30.9 Å². The Morgan fingerprint density at radius 3 is 3.12 bits per heavy atom. The lowest BCUT2D eigenvalue weighted by atomic mass is 10.2. The number of morpholine rings is 1. The Labute approximate surface area is 140 Å². The molecule has 4 heterocycles. The van der Waals surface area contributed by atoms with Crippen molar-refractivity contribution in [2.75, 3.05) is 24.6 Å². The molecule has 0 bridgehead atoms. The molecule has 1 aliphatic rings. The van der Waals surface area contributed by atoms with Gasteiger partial charge in [-0.3, -0.25) is 4.68 Å². The van der Waals surface area contributed by atoms with E-state index in [2.05, 4.69) is 38.1 Å². The van der Waals surface area contributed by atoms with E-state index in [1.54, 1.807) is 12.5 Å². The third-order valence-corrected chi connectivity index (χ3v) is 4.20. The quantitative estimate of drug-likeness (QED) is 0.700. The van der Waals surface area contributed by atoms with Crippen LogP contribution in [0.5, 0.6) is 0 Å². The van der Waals surface area contributed by atoms with E-state index in [-0.39, 0.29) is 6.10 Å². The Hall–Kier alpha value is -2.48. The van der Waals surface area contributed by atoms with Crippen molar-refractivity contribution >= 4 is 11.6 Å². The average molecular weight is 327 g/mol. The fourth-order valence-corrected chi connectivity index (χ4v) is 3.11. The summed E-state index contributed by atoms with van der Waals surface area (Å²) in [4.78, 5) is 11.1. The van der Waals surface area contributed by atoms with E-state index >= 15 is 0 Å². The van der Waals surface area contributed by atoms with Crippen molar-refractivity contribution in [2.24, 2.45) is 0 Å². The number of hydrogen-bond donors (Lipinski definition) is 0. The van der Waals surface area contributed by atoms with E-state index in [1.807, 2.05) is 21.5 Å². The molecule has 0 radical (unpaired) electrons. The van der Waals surface area contributed by atoms with Crippen LogP contribution in [0, 0.1) is 0 Å². The van der Waals surface area contributed by atoms with Gasteiger partial charge in [-0.05, 0) is 12.5 Å². The fraction of sp³-hybridized carbons (Fsp3) is 0.500. The summed E-state index contributed by atoms with van der Waals surface area (Å²) in [6, 6.07) is 4.06. The molecule has 4 rings (SSSR count). The standard InChI is InChI=1S/C16H21N7O/c1-2-4-13-9-15(23-16(20-13)17-12-19-23)21-7-8-24-14(10-21)11-22-6-3-5-18-22/h3,5-6,9,12,14H,2,4,7-8,10-11H2,1H3. The van der Waals surface area contributed by atoms with Crippen molar-refractivity contribution in [3.8, 4) is 0 Å². The van der Waals surface area contributed by atoms with Crippen LogP contribution >= 0.6 is 0 Å². The van der Waals surface area contributed by atoms with Crippen molar-refractivity contribution in [1.29, 1.82) is 0 Å². The molecule has 0 spiro atoms. The van der Waals surface area contributed by atoms with Gasteiger partial charge in [-0.25, -0.2) is 4.98 Å². The van der Waals surface area contributed by atoms with Crippen LogP contribution in [0.1, 0.15) is 19.0 Å². The highest BCUT2D eigenvalue weighted by Gasteiger charge is 2.24. The number of nitrogens with zero attached hydrogens (tertiary/aromatic N) is 7. The van der Waals surface area contributed by atoms with Gasteiger partial charge in [0.2, 0.25) is 0 Å². The van der Waals surface area contributed by atoms with Gasteiger partial charge in [0.1, 0.15) is 12.1 Å². The molecule has 1 fully saturated rings. The number of rotatable bonds is 5. The van der Waals surface area contributed by atoms with Gasteiger partial charge in [0, 0.05) is 37.2 Å². The molecule has 0 aromatic carbocycles. The number of hydrogen-bond acceptors (Lipinski definition) is 6. The second-order valence-electron chi connectivity index (χ2n) is 5.99. The Kier molecular flexibility index (Phi) is 4.12. The molecule has 24 heavy (non-hydrogen) atoms. The lowest BCUT2D eigenvalue weighted by molar-refractivity contribution is 0.0270. The van der Waals surface area contributed by atoms with Gasteiger partial charge in [-0.1, -0.05) is 13.3 Å². The molecule has 1 aliphatic heterocycles. The average Bonchev–Trinajstić information content (AvgIpc) is 3.26. The highest BCUT2D eigenvalue weighted by Crippen LogP contribution is 2.20. The van der Waals surface area contributed by atoms with Crippen molar-refractivity contribution in [1.82, 2.24) is 29.4 Å². The molecule has 0 N–H and O–H groups in total. The predicted molar refractivity (Wildman–Crippen MR) is 89.0 cm³/mol. The van der Waals surface area contributed by atoms with Crippen LogP contribution in [0.4, 0.5) is 5.82 Å². The molecule has 0 saturated carbocycles. The minimum absolute atomic E-state index is 0.0972.